The fourth-order valence-corrected chi connectivity index (χ4v) is 4.26. The highest BCUT2D eigenvalue weighted by atomic mass is 15.3. The summed E-state index contributed by atoms with van der Waals surface area (Å²) in [5, 5.41) is 15.6. The molecule has 0 atom stereocenters. The zero-order valence-corrected chi connectivity index (χ0v) is 16.7. The van der Waals surface area contributed by atoms with Gasteiger partial charge in [-0.1, -0.05) is 97.1 Å². The summed E-state index contributed by atoms with van der Waals surface area (Å²) in [7, 11) is 0. The number of rotatable bonds is 3. The van der Waals surface area contributed by atoms with E-state index < -0.39 is 0 Å². The highest BCUT2D eigenvalue weighted by molar-refractivity contribution is 6.12. The molecule has 1 N–H and O–H groups in total. The maximum absolute atomic E-state index is 4.55. The molecule has 0 aliphatic carbocycles. The van der Waals surface area contributed by atoms with E-state index in [1.807, 2.05) is 42.5 Å². The fraction of sp³-hybridized carbons (Fsp3) is 0. The number of aromatic nitrogens is 4. The van der Waals surface area contributed by atoms with Gasteiger partial charge in [-0.3, -0.25) is 0 Å². The molecule has 31 heavy (non-hydrogen) atoms. The second-order valence-corrected chi connectivity index (χ2v) is 7.49. The normalized spacial score (nSPS) is 11.2. The zero-order chi connectivity index (χ0) is 20.6. The number of nitrogens with zero attached hydrogens (tertiary/aromatic N) is 3. The van der Waals surface area contributed by atoms with Gasteiger partial charge in [0, 0.05) is 33.0 Å². The average molecular weight is 398 g/mol. The van der Waals surface area contributed by atoms with Crippen molar-refractivity contribution in [3.8, 4) is 33.6 Å². The van der Waals surface area contributed by atoms with Crippen LogP contribution in [0.2, 0.25) is 0 Å². The van der Waals surface area contributed by atoms with Gasteiger partial charge in [0.2, 0.25) is 0 Å². The highest BCUT2D eigenvalue weighted by Crippen LogP contribution is 2.40. The molecule has 0 saturated heterocycles. The molecule has 4 heteroatoms. The van der Waals surface area contributed by atoms with Gasteiger partial charge in [0.05, 0.1) is 5.52 Å². The Bertz CT molecular complexity index is 1520. The van der Waals surface area contributed by atoms with Crippen molar-refractivity contribution in [1.29, 1.82) is 0 Å². The Hall–Kier alpha value is -4.31. The molecule has 6 rings (SSSR count). The molecular weight excluding hydrogens is 380 g/mol. The number of benzene rings is 4. The Morgan fingerprint density at radius 3 is 1.97 bits per heavy atom. The van der Waals surface area contributed by atoms with Gasteiger partial charge in [-0.2, -0.15) is 0 Å². The number of fused-ring (bicyclic) bond motifs is 3. The molecule has 0 aliphatic rings. The number of hydrogen-bond donors (Lipinski definition) is 1. The van der Waals surface area contributed by atoms with E-state index in [0.29, 0.717) is 0 Å². The Morgan fingerprint density at radius 2 is 1.16 bits per heavy atom. The monoisotopic (exact) mass is 398 g/mol. The third-order valence-corrected chi connectivity index (χ3v) is 5.67. The van der Waals surface area contributed by atoms with E-state index in [1.54, 1.807) is 0 Å². The van der Waals surface area contributed by atoms with Gasteiger partial charge in [0.15, 0.2) is 0 Å². The van der Waals surface area contributed by atoms with Gasteiger partial charge in [-0.25, -0.2) is 0 Å². The van der Waals surface area contributed by atoms with Crippen LogP contribution >= 0.6 is 0 Å². The summed E-state index contributed by atoms with van der Waals surface area (Å²) < 4.78 is 0. The maximum Gasteiger partial charge on any atom is 0.107 e. The minimum absolute atomic E-state index is 0.817. The Morgan fingerprint density at radius 1 is 0.516 bits per heavy atom. The second kappa shape index (κ2) is 7.18. The van der Waals surface area contributed by atoms with E-state index in [0.717, 1.165) is 44.7 Å². The van der Waals surface area contributed by atoms with Crippen molar-refractivity contribution >= 4 is 21.8 Å². The van der Waals surface area contributed by atoms with Crippen LogP contribution in [0.3, 0.4) is 0 Å². The molecule has 0 amide bonds. The van der Waals surface area contributed by atoms with Gasteiger partial charge in [-0.15, -0.1) is 10.2 Å². The van der Waals surface area contributed by atoms with Crippen LogP contribution in [0.4, 0.5) is 0 Å². The molecule has 0 saturated carbocycles. The standard InChI is InChI=1S/C27H18N4/c1-3-10-18(11-4-1)24-25(19-12-5-2-6-13-19)29-31-30-27(24)22-16-9-15-21-20-14-7-8-17-23(20)28-26(21)22/h1-17,28H. The summed E-state index contributed by atoms with van der Waals surface area (Å²) in [5.41, 5.74) is 7.87. The first-order valence-corrected chi connectivity index (χ1v) is 10.2. The smallest absolute Gasteiger partial charge is 0.107 e. The molecule has 0 fully saturated rings. The minimum atomic E-state index is 0.817. The van der Waals surface area contributed by atoms with Crippen molar-refractivity contribution in [2.75, 3.05) is 0 Å². The minimum Gasteiger partial charge on any atom is -0.354 e. The zero-order valence-electron chi connectivity index (χ0n) is 16.7. The molecular formula is C27H18N4. The number of nitrogens with one attached hydrogen (secondary N) is 1. The third-order valence-electron chi connectivity index (χ3n) is 5.67. The van der Waals surface area contributed by atoms with E-state index in [2.05, 4.69) is 81.1 Å². The quantitative estimate of drug-likeness (QED) is 0.370. The Kier molecular flexibility index (Phi) is 4.06. The van der Waals surface area contributed by atoms with Crippen LogP contribution in [0, 0.1) is 0 Å². The Balaban J connectivity index is 1.71. The molecule has 4 nitrogen and oxygen atoms in total. The van der Waals surface area contributed by atoms with Crippen molar-refractivity contribution in [3.63, 3.8) is 0 Å². The van der Waals surface area contributed by atoms with Crippen LogP contribution < -0.4 is 0 Å². The number of para-hydroxylation sites is 2. The van der Waals surface area contributed by atoms with Crippen molar-refractivity contribution in [2.45, 2.75) is 0 Å². The van der Waals surface area contributed by atoms with E-state index in [-0.39, 0.29) is 0 Å². The van der Waals surface area contributed by atoms with Crippen LogP contribution in [0.15, 0.2) is 103 Å². The third kappa shape index (κ3) is 2.89. The molecule has 0 radical (unpaired) electrons. The van der Waals surface area contributed by atoms with Crippen molar-refractivity contribution < 1.29 is 0 Å². The molecule has 0 aliphatic heterocycles. The lowest BCUT2D eigenvalue weighted by Gasteiger charge is -2.13. The first kappa shape index (κ1) is 17.5. The molecule has 2 aromatic heterocycles. The van der Waals surface area contributed by atoms with Crippen LogP contribution in [-0.2, 0) is 0 Å². The van der Waals surface area contributed by atoms with Crippen molar-refractivity contribution in [3.05, 3.63) is 103 Å². The van der Waals surface area contributed by atoms with Crippen LogP contribution in [0.5, 0.6) is 0 Å². The highest BCUT2D eigenvalue weighted by Gasteiger charge is 2.20. The summed E-state index contributed by atoms with van der Waals surface area (Å²) in [6, 6.07) is 35.1. The SMILES string of the molecule is c1ccc(-c2nnnc(-c3cccc4c3[nH]c3ccccc34)c2-c2ccccc2)cc1. The Labute approximate surface area is 179 Å². The molecule has 146 valence electrons. The summed E-state index contributed by atoms with van der Waals surface area (Å²) in [4.78, 5) is 3.59. The second-order valence-electron chi connectivity index (χ2n) is 7.49. The van der Waals surface area contributed by atoms with E-state index >= 15 is 0 Å². The van der Waals surface area contributed by atoms with Crippen LogP contribution in [0.1, 0.15) is 0 Å². The van der Waals surface area contributed by atoms with Crippen molar-refractivity contribution in [2.24, 2.45) is 0 Å². The largest absolute Gasteiger partial charge is 0.354 e. The predicted molar refractivity (Wildman–Crippen MR) is 125 cm³/mol. The lowest BCUT2D eigenvalue weighted by Crippen LogP contribution is -2.00. The molecule has 0 unspecified atom stereocenters. The number of H-pyrrole nitrogens is 1. The molecule has 4 aromatic carbocycles. The van der Waals surface area contributed by atoms with Gasteiger partial charge in [0.1, 0.15) is 11.4 Å². The van der Waals surface area contributed by atoms with Crippen LogP contribution in [0.25, 0.3) is 55.4 Å². The van der Waals surface area contributed by atoms with E-state index in [4.69, 9.17) is 0 Å². The number of aromatic amines is 1. The molecule has 6 aromatic rings. The predicted octanol–water partition coefficient (Wildman–Crippen LogP) is 6.51. The van der Waals surface area contributed by atoms with Gasteiger partial charge < -0.3 is 4.98 Å². The molecule has 0 spiro atoms. The van der Waals surface area contributed by atoms with Gasteiger partial charge in [0.25, 0.3) is 0 Å². The van der Waals surface area contributed by atoms with Gasteiger partial charge in [-0.05, 0) is 16.8 Å². The summed E-state index contributed by atoms with van der Waals surface area (Å²) in [6.07, 6.45) is 0. The lowest BCUT2D eigenvalue weighted by atomic mass is 9.94. The summed E-state index contributed by atoms with van der Waals surface area (Å²) >= 11 is 0. The fourth-order valence-electron chi connectivity index (χ4n) is 4.26. The molecule has 0 bridgehead atoms. The first-order valence-electron chi connectivity index (χ1n) is 10.2. The summed E-state index contributed by atoms with van der Waals surface area (Å²) in [6.45, 7) is 0. The topological polar surface area (TPSA) is 54.5 Å². The van der Waals surface area contributed by atoms with Crippen LogP contribution in [-0.4, -0.2) is 20.4 Å². The van der Waals surface area contributed by atoms with Crippen molar-refractivity contribution in [1.82, 2.24) is 20.4 Å². The lowest BCUT2D eigenvalue weighted by molar-refractivity contribution is 0.879. The van der Waals surface area contributed by atoms with E-state index in [1.165, 1.54) is 10.8 Å². The maximum atomic E-state index is 4.55. The average Bonchev–Trinajstić information content (AvgIpc) is 3.24. The van der Waals surface area contributed by atoms with E-state index in [9.17, 15) is 0 Å². The van der Waals surface area contributed by atoms with Gasteiger partial charge >= 0.3 is 0 Å². The molecule has 2 heterocycles. The summed E-state index contributed by atoms with van der Waals surface area (Å²) in [5.74, 6) is 0. The first-order chi connectivity index (χ1) is 15.4. The number of hydrogen-bond acceptors (Lipinski definition) is 3.